The van der Waals surface area contributed by atoms with E-state index in [4.69, 9.17) is 0 Å². The van der Waals surface area contributed by atoms with E-state index in [1.54, 1.807) is 12.1 Å². The Hall–Kier alpha value is -3.29. The summed E-state index contributed by atoms with van der Waals surface area (Å²) >= 11 is 0. The molecule has 2 aromatic carbocycles. The Kier molecular flexibility index (Phi) is 4.42. The highest BCUT2D eigenvalue weighted by Crippen LogP contribution is 2.30. The highest BCUT2D eigenvalue weighted by atomic mass is 19.4. The molecule has 128 valence electrons. The molecule has 0 bridgehead atoms. The molecular formula is C17H12F3N3O2. The van der Waals surface area contributed by atoms with Gasteiger partial charge in [0.25, 0.3) is 5.91 Å². The molecule has 0 aliphatic heterocycles. The highest BCUT2D eigenvalue weighted by Gasteiger charge is 2.32. The molecule has 8 heteroatoms. The van der Waals surface area contributed by atoms with Gasteiger partial charge < -0.3 is 10.1 Å². The molecule has 0 atom stereocenters. The molecule has 0 saturated heterocycles. The molecule has 25 heavy (non-hydrogen) atoms. The number of para-hydroxylation sites is 3. The number of nitrogens with one attached hydrogen (secondary N) is 1. The second-order valence-electron chi connectivity index (χ2n) is 5.01. The van der Waals surface area contributed by atoms with Crippen LogP contribution in [0, 0.1) is 0 Å². The number of halogens is 3. The molecule has 1 N–H and O–H groups in total. The molecule has 3 aromatic rings. The molecule has 0 saturated carbocycles. The average Bonchev–Trinajstić information content (AvgIpc) is 3.06. The number of benzene rings is 2. The van der Waals surface area contributed by atoms with Crippen LogP contribution in [0.2, 0.25) is 0 Å². The summed E-state index contributed by atoms with van der Waals surface area (Å²) < 4.78 is 42.7. The van der Waals surface area contributed by atoms with Gasteiger partial charge in [-0.1, -0.05) is 30.3 Å². The summed E-state index contributed by atoms with van der Waals surface area (Å²) in [7, 11) is 0. The van der Waals surface area contributed by atoms with Gasteiger partial charge in [-0.05, 0) is 24.3 Å². The Balaban J connectivity index is 1.79. The first-order valence-corrected chi connectivity index (χ1v) is 7.18. The smallest absolute Gasteiger partial charge is 0.404 e. The lowest BCUT2D eigenvalue weighted by atomic mass is 10.2. The van der Waals surface area contributed by atoms with E-state index in [9.17, 15) is 18.0 Å². The van der Waals surface area contributed by atoms with Crippen LogP contribution in [0.3, 0.4) is 0 Å². The summed E-state index contributed by atoms with van der Waals surface area (Å²) in [6, 6.07) is 14.4. The molecule has 1 heterocycles. The van der Waals surface area contributed by atoms with Crippen LogP contribution in [0.5, 0.6) is 5.75 Å². The molecule has 0 spiro atoms. The van der Waals surface area contributed by atoms with E-state index in [0.29, 0.717) is 0 Å². The van der Waals surface area contributed by atoms with Crippen LogP contribution in [0.1, 0.15) is 10.4 Å². The summed E-state index contributed by atoms with van der Waals surface area (Å²) in [5.41, 5.74) is 0.866. The lowest BCUT2D eigenvalue weighted by Gasteiger charge is -2.13. The van der Waals surface area contributed by atoms with Crippen LogP contribution >= 0.6 is 0 Å². The molecule has 5 nitrogen and oxygen atoms in total. The van der Waals surface area contributed by atoms with Crippen molar-refractivity contribution in [2.45, 2.75) is 6.36 Å². The quantitative estimate of drug-likeness (QED) is 0.775. The van der Waals surface area contributed by atoms with E-state index in [-0.39, 0.29) is 11.3 Å². The van der Waals surface area contributed by atoms with Crippen molar-refractivity contribution >= 4 is 11.6 Å². The zero-order valence-electron chi connectivity index (χ0n) is 12.7. The summed E-state index contributed by atoms with van der Waals surface area (Å²) in [6.45, 7) is 0. The monoisotopic (exact) mass is 347 g/mol. The molecule has 0 radical (unpaired) electrons. The van der Waals surface area contributed by atoms with Crippen molar-refractivity contribution in [1.29, 1.82) is 0 Å². The summed E-state index contributed by atoms with van der Waals surface area (Å²) in [4.78, 5) is 12.3. The van der Waals surface area contributed by atoms with Gasteiger partial charge in [-0.3, -0.25) is 4.79 Å². The van der Waals surface area contributed by atoms with Crippen molar-refractivity contribution in [2.75, 3.05) is 5.32 Å². The van der Waals surface area contributed by atoms with E-state index in [1.807, 2.05) is 18.2 Å². The molecule has 0 aliphatic carbocycles. The molecule has 1 amide bonds. The van der Waals surface area contributed by atoms with Crippen LogP contribution < -0.4 is 10.1 Å². The van der Waals surface area contributed by atoms with Gasteiger partial charge in [0, 0.05) is 6.20 Å². The summed E-state index contributed by atoms with van der Waals surface area (Å²) in [6.07, 6.45) is -2.04. The van der Waals surface area contributed by atoms with Crippen molar-refractivity contribution in [3.8, 4) is 11.4 Å². The number of hydrogen-bond donors (Lipinski definition) is 1. The van der Waals surface area contributed by atoms with Gasteiger partial charge in [-0.2, -0.15) is 5.10 Å². The minimum atomic E-state index is -4.85. The number of hydrogen-bond acceptors (Lipinski definition) is 3. The Morgan fingerprint density at radius 1 is 1.04 bits per heavy atom. The normalized spacial score (nSPS) is 11.2. The van der Waals surface area contributed by atoms with Crippen LogP contribution in [-0.2, 0) is 0 Å². The van der Waals surface area contributed by atoms with Crippen molar-refractivity contribution in [1.82, 2.24) is 9.78 Å². The number of alkyl halides is 3. The van der Waals surface area contributed by atoms with Crippen LogP contribution in [0.15, 0.2) is 67.0 Å². The fraction of sp³-hybridized carbons (Fsp3) is 0.0588. The Labute approximate surface area is 140 Å². The van der Waals surface area contributed by atoms with Crippen molar-refractivity contribution in [3.63, 3.8) is 0 Å². The van der Waals surface area contributed by atoms with Gasteiger partial charge in [0.2, 0.25) is 0 Å². The predicted octanol–water partition coefficient (Wildman–Crippen LogP) is 4.02. The Morgan fingerprint density at radius 3 is 2.44 bits per heavy atom. The Morgan fingerprint density at radius 2 is 1.72 bits per heavy atom. The number of amides is 1. The first kappa shape index (κ1) is 16.6. The number of anilines is 1. The number of carbonyl (C=O) groups is 1. The van der Waals surface area contributed by atoms with Crippen molar-refractivity contribution < 1.29 is 22.7 Å². The second-order valence-corrected chi connectivity index (χ2v) is 5.01. The summed E-state index contributed by atoms with van der Waals surface area (Å²) in [5.74, 6) is -1.08. The van der Waals surface area contributed by atoms with Crippen LogP contribution in [0.25, 0.3) is 5.69 Å². The fourth-order valence-corrected chi connectivity index (χ4v) is 2.14. The first-order chi connectivity index (χ1) is 11.9. The third-order valence-electron chi connectivity index (χ3n) is 3.23. The standard InChI is InChI=1S/C17H12F3N3O2/c18-17(19,20)25-15-9-5-4-8-14(15)22-16(24)12-10-21-23(11-12)13-6-2-1-3-7-13/h1-11H,(H,22,24). The lowest BCUT2D eigenvalue weighted by Crippen LogP contribution is -2.19. The van der Waals surface area contributed by atoms with E-state index >= 15 is 0 Å². The van der Waals surface area contributed by atoms with Gasteiger partial charge in [-0.25, -0.2) is 4.68 Å². The number of rotatable bonds is 4. The minimum Gasteiger partial charge on any atom is -0.404 e. The zero-order chi connectivity index (χ0) is 17.9. The number of nitrogens with zero attached hydrogens (tertiary/aromatic N) is 2. The van der Waals surface area contributed by atoms with E-state index in [2.05, 4.69) is 15.2 Å². The molecule has 0 fully saturated rings. The van der Waals surface area contributed by atoms with E-state index in [0.717, 1.165) is 11.8 Å². The zero-order valence-corrected chi connectivity index (χ0v) is 12.7. The van der Waals surface area contributed by atoms with E-state index in [1.165, 1.54) is 35.3 Å². The van der Waals surface area contributed by atoms with Crippen molar-refractivity contribution in [2.24, 2.45) is 0 Å². The Bertz CT molecular complexity index is 876. The third-order valence-corrected chi connectivity index (χ3v) is 3.23. The van der Waals surface area contributed by atoms with Gasteiger partial charge in [-0.15, -0.1) is 13.2 Å². The first-order valence-electron chi connectivity index (χ1n) is 7.18. The number of aromatic nitrogens is 2. The maximum Gasteiger partial charge on any atom is 0.573 e. The molecule has 1 aromatic heterocycles. The minimum absolute atomic E-state index is 0.0858. The fourth-order valence-electron chi connectivity index (χ4n) is 2.14. The molecule has 0 aliphatic rings. The second kappa shape index (κ2) is 6.68. The largest absolute Gasteiger partial charge is 0.573 e. The summed E-state index contributed by atoms with van der Waals surface area (Å²) in [5, 5.41) is 6.47. The van der Waals surface area contributed by atoms with Gasteiger partial charge >= 0.3 is 6.36 Å². The molecular weight excluding hydrogens is 335 g/mol. The lowest BCUT2D eigenvalue weighted by molar-refractivity contribution is -0.274. The van der Waals surface area contributed by atoms with Crippen LogP contribution in [-0.4, -0.2) is 22.1 Å². The van der Waals surface area contributed by atoms with E-state index < -0.39 is 18.0 Å². The van der Waals surface area contributed by atoms with Gasteiger partial charge in [0.15, 0.2) is 5.75 Å². The maximum atomic E-state index is 12.4. The molecule has 3 rings (SSSR count). The number of ether oxygens (including phenoxy) is 1. The van der Waals surface area contributed by atoms with Gasteiger partial charge in [0.05, 0.1) is 23.1 Å². The van der Waals surface area contributed by atoms with Crippen molar-refractivity contribution in [3.05, 3.63) is 72.6 Å². The van der Waals surface area contributed by atoms with Gasteiger partial charge in [0.1, 0.15) is 0 Å². The highest BCUT2D eigenvalue weighted by molar-refractivity contribution is 6.04. The topological polar surface area (TPSA) is 56.1 Å². The van der Waals surface area contributed by atoms with Crippen LogP contribution in [0.4, 0.5) is 18.9 Å². The molecule has 0 unspecified atom stereocenters. The maximum absolute atomic E-state index is 12.4. The predicted molar refractivity (Wildman–Crippen MR) is 84.6 cm³/mol. The number of carbonyl (C=O) groups excluding carboxylic acids is 1. The average molecular weight is 347 g/mol. The third kappa shape index (κ3) is 4.17. The SMILES string of the molecule is O=C(Nc1ccccc1OC(F)(F)F)c1cnn(-c2ccccc2)c1.